The van der Waals surface area contributed by atoms with Gasteiger partial charge in [-0.05, 0) is 6.07 Å². The third-order valence-corrected chi connectivity index (χ3v) is 2.45. The molecule has 1 rings (SSSR count). The van der Waals surface area contributed by atoms with Crippen LogP contribution >= 0.6 is 0 Å². The number of nitrogens with zero attached hydrogens (tertiary/aromatic N) is 1. The topological polar surface area (TPSA) is 56.3 Å². The van der Waals surface area contributed by atoms with Gasteiger partial charge in [-0.15, -0.1) is 0 Å². The molecule has 0 aliphatic carbocycles. The van der Waals surface area contributed by atoms with E-state index in [9.17, 15) is 8.42 Å². The molecule has 0 bridgehead atoms. The Hall–Kier alpha value is -1.10. The molecule has 0 atom stereocenters. The number of aromatic nitrogens is 1. The number of rotatable bonds is 2. The van der Waals surface area contributed by atoms with E-state index < -0.39 is 9.84 Å². The number of methoxy groups -OCH3 is 1. The third kappa shape index (κ3) is 1.94. The molecule has 0 aliphatic heterocycles. The van der Waals surface area contributed by atoms with Gasteiger partial charge in [0.05, 0.1) is 12.0 Å². The van der Waals surface area contributed by atoms with Crippen LogP contribution in [0.4, 0.5) is 0 Å². The lowest BCUT2D eigenvalue weighted by atomic mass is 10.5. The zero-order chi connectivity index (χ0) is 9.19. The number of pyridine rings is 1. The van der Waals surface area contributed by atoms with Gasteiger partial charge in [-0.1, -0.05) is 0 Å². The van der Waals surface area contributed by atoms with Gasteiger partial charge in [0.25, 0.3) is 0 Å². The molecular weight excluding hydrogens is 178 g/mol. The quantitative estimate of drug-likeness (QED) is 0.676. The Morgan fingerprint density at radius 3 is 2.67 bits per heavy atom. The molecule has 0 unspecified atom stereocenters. The van der Waals surface area contributed by atoms with E-state index in [1.807, 2.05) is 0 Å². The zero-order valence-electron chi connectivity index (χ0n) is 6.81. The number of sulfone groups is 1. The highest BCUT2D eigenvalue weighted by Gasteiger charge is 2.07. The van der Waals surface area contributed by atoms with Gasteiger partial charge in [0.1, 0.15) is 0 Å². The van der Waals surface area contributed by atoms with Crippen molar-refractivity contribution >= 4 is 9.84 Å². The molecule has 1 aromatic rings. The maximum atomic E-state index is 11.0. The fourth-order valence-corrected chi connectivity index (χ4v) is 1.36. The van der Waals surface area contributed by atoms with Crippen LogP contribution in [0.15, 0.2) is 23.2 Å². The summed E-state index contributed by atoms with van der Waals surface area (Å²) in [7, 11) is -1.72. The second-order valence-electron chi connectivity index (χ2n) is 2.31. The monoisotopic (exact) mass is 187 g/mol. The average molecular weight is 187 g/mol. The summed E-state index contributed by atoms with van der Waals surface area (Å²) in [6, 6.07) is 2.81. The lowest BCUT2D eigenvalue weighted by Crippen LogP contribution is -1.98. The predicted molar refractivity (Wildman–Crippen MR) is 43.9 cm³/mol. The van der Waals surface area contributed by atoms with E-state index >= 15 is 0 Å². The minimum atomic E-state index is -3.16. The molecular formula is C7H9NO3S. The number of ether oxygens (including phenoxy) is 1. The third-order valence-electron chi connectivity index (χ3n) is 1.34. The first-order valence-electron chi connectivity index (χ1n) is 3.24. The molecule has 0 aromatic carbocycles. The Morgan fingerprint density at radius 2 is 2.17 bits per heavy atom. The molecule has 4 nitrogen and oxygen atoms in total. The van der Waals surface area contributed by atoms with Crippen molar-refractivity contribution in [3.8, 4) is 5.88 Å². The highest BCUT2D eigenvalue weighted by Crippen LogP contribution is 2.13. The van der Waals surface area contributed by atoms with Crippen molar-refractivity contribution in [2.24, 2.45) is 0 Å². The first kappa shape index (κ1) is 8.99. The molecule has 0 spiro atoms. The molecule has 0 fully saturated rings. The maximum Gasteiger partial charge on any atom is 0.214 e. The summed E-state index contributed by atoms with van der Waals surface area (Å²) in [6.45, 7) is 0. The lowest BCUT2D eigenvalue weighted by molar-refractivity contribution is 0.396. The predicted octanol–water partition coefficient (Wildman–Crippen LogP) is 0.494. The molecule has 0 saturated carbocycles. The lowest BCUT2D eigenvalue weighted by Gasteiger charge is -2.00. The van der Waals surface area contributed by atoms with Crippen LogP contribution in [0.3, 0.4) is 0 Å². The summed E-state index contributed by atoms with van der Waals surface area (Å²) in [5, 5.41) is 0. The van der Waals surface area contributed by atoms with Crippen LogP contribution in [0.1, 0.15) is 0 Å². The summed E-state index contributed by atoms with van der Waals surface area (Å²) in [4.78, 5) is 4.00. The van der Waals surface area contributed by atoms with E-state index in [2.05, 4.69) is 4.98 Å². The molecule has 1 heterocycles. The Bertz CT molecular complexity index is 372. The highest BCUT2D eigenvalue weighted by molar-refractivity contribution is 7.90. The van der Waals surface area contributed by atoms with Crippen molar-refractivity contribution in [2.75, 3.05) is 13.4 Å². The molecule has 0 N–H and O–H groups in total. The second kappa shape index (κ2) is 3.10. The van der Waals surface area contributed by atoms with Crippen molar-refractivity contribution < 1.29 is 13.2 Å². The van der Waals surface area contributed by atoms with Gasteiger partial charge >= 0.3 is 0 Å². The van der Waals surface area contributed by atoms with Crippen molar-refractivity contribution in [3.63, 3.8) is 0 Å². The average Bonchev–Trinajstić information content (AvgIpc) is 2.03. The van der Waals surface area contributed by atoms with Crippen molar-refractivity contribution in [2.45, 2.75) is 4.90 Å². The molecule has 66 valence electrons. The Balaban J connectivity index is 3.20. The van der Waals surface area contributed by atoms with Gasteiger partial charge in [-0.2, -0.15) is 0 Å². The van der Waals surface area contributed by atoms with Crippen molar-refractivity contribution in [3.05, 3.63) is 18.3 Å². The number of hydrogen-bond donors (Lipinski definition) is 0. The van der Waals surface area contributed by atoms with Gasteiger partial charge in [0.2, 0.25) is 5.88 Å². The summed E-state index contributed by atoms with van der Waals surface area (Å²) in [5.74, 6) is 0.304. The van der Waals surface area contributed by atoms with Gasteiger partial charge in [0.15, 0.2) is 9.84 Å². The van der Waals surface area contributed by atoms with Gasteiger partial charge in [-0.25, -0.2) is 13.4 Å². The molecule has 5 heteroatoms. The largest absolute Gasteiger partial charge is 0.481 e. The van der Waals surface area contributed by atoms with Crippen molar-refractivity contribution in [1.82, 2.24) is 4.98 Å². The number of hydrogen-bond acceptors (Lipinski definition) is 4. The van der Waals surface area contributed by atoms with Crippen LogP contribution in [0, 0.1) is 0 Å². The summed E-state index contributed by atoms with van der Waals surface area (Å²) < 4.78 is 26.8. The SMILES string of the molecule is COc1cc(S(C)(=O)=O)ccn1. The zero-order valence-corrected chi connectivity index (χ0v) is 7.63. The summed E-state index contributed by atoms with van der Waals surface area (Å²) >= 11 is 0. The van der Waals surface area contributed by atoms with E-state index in [-0.39, 0.29) is 4.90 Å². The van der Waals surface area contributed by atoms with Gasteiger partial charge < -0.3 is 4.74 Å². The normalized spacial score (nSPS) is 11.2. The highest BCUT2D eigenvalue weighted by atomic mass is 32.2. The van der Waals surface area contributed by atoms with Crippen LogP contribution < -0.4 is 4.74 Å². The van der Waals surface area contributed by atoms with Crippen LogP contribution in [-0.4, -0.2) is 26.8 Å². The van der Waals surface area contributed by atoms with E-state index in [0.29, 0.717) is 5.88 Å². The maximum absolute atomic E-state index is 11.0. The smallest absolute Gasteiger partial charge is 0.214 e. The van der Waals surface area contributed by atoms with Gasteiger partial charge in [0, 0.05) is 18.5 Å². The van der Waals surface area contributed by atoms with E-state index in [0.717, 1.165) is 6.26 Å². The molecule has 0 aliphatic rings. The van der Waals surface area contributed by atoms with Crippen molar-refractivity contribution in [1.29, 1.82) is 0 Å². The van der Waals surface area contributed by atoms with E-state index in [4.69, 9.17) is 4.74 Å². The Morgan fingerprint density at radius 1 is 1.50 bits per heavy atom. The standard InChI is InChI=1S/C7H9NO3S/c1-11-7-5-6(3-4-8-7)12(2,9)10/h3-5H,1-2H3. The first-order valence-corrected chi connectivity index (χ1v) is 5.13. The van der Waals surface area contributed by atoms with Crippen LogP contribution in [0.2, 0.25) is 0 Å². The summed E-state index contributed by atoms with van der Waals surface area (Å²) in [5.41, 5.74) is 0. The minimum Gasteiger partial charge on any atom is -0.481 e. The van der Waals surface area contributed by atoms with Gasteiger partial charge in [-0.3, -0.25) is 0 Å². The molecule has 0 saturated heterocycles. The van der Waals surface area contributed by atoms with E-state index in [1.54, 1.807) is 0 Å². The first-order chi connectivity index (χ1) is 5.54. The molecule has 12 heavy (non-hydrogen) atoms. The molecule has 0 radical (unpaired) electrons. The van der Waals surface area contributed by atoms with E-state index in [1.165, 1.54) is 25.4 Å². The fourth-order valence-electron chi connectivity index (χ4n) is 0.734. The minimum absolute atomic E-state index is 0.217. The molecule has 0 amide bonds. The molecule has 1 aromatic heterocycles. The Labute approximate surface area is 71.1 Å². The van der Waals surface area contributed by atoms with Crippen LogP contribution in [0.5, 0.6) is 5.88 Å². The second-order valence-corrected chi connectivity index (χ2v) is 4.32. The van der Waals surface area contributed by atoms with Crippen LogP contribution in [0.25, 0.3) is 0 Å². The summed E-state index contributed by atoms with van der Waals surface area (Å²) in [6.07, 6.45) is 2.54. The Kier molecular flexibility index (Phi) is 2.32. The van der Waals surface area contributed by atoms with Crippen LogP contribution in [-0.2, 0) is 9.84 Å². The fraction of sp³-hybridized carbons (Fsp3) is 0.286.